The molecule has 0 heterocycles. The molecule has 0 aliphatic carbocycles. The van der Waals surface area contributed by atoms with Crippen LogP contribution < -0.4 is 0 Å². The summed E-state index contributed by atoms with van der Waals surface area (Å²) < 4.78 is 0. The lowest BCUT2D eigenvalue weighted by Gasteiger charge is -1.93. The summed E-state index contributed by atoms with van der Waals surface area (Å²) in [7, 11) is 1.27. The van der Waals surface area contributed by atoms with Crippen LogP contribution in [0.3, 0.4) is 0 Å². The minimum Gasteiger partial charge on any atom is -0.103 e. The summed E-state index contributed by atoms with van der Waals surface area (Å²) in [5.41, 5.74) is 0.838. The summed E-state index contributed by atoms with van der Waals surface area (Å²) in [4.78, 5) is 0. The lowest BCUT2D eigenvalue weighted by Crippen LogP contribution is -1.79. The van der Waals surface area contributed by atoms with Gasteiger partial charge in [0.1, 0.15) is 0 Å². The van der Waals surface area contributed by atoms with Crippen LogP contribution in [0, 0.1) is 0 Å². The van der Waals surface area contributed by atoms with Gasteiger partial charge in [-0.15, -0.1) is 6.58 Å². The summed E-state index contributed by atoms with van der Waals surface area (Å²) in [5.74, 6) is 0. The van der Waals surface area contributed by atoms with Gasteiger partial charge in [0, 0.05) is 10.2 Å². The van der Waals surface area contributed by atoms with E-state index in [-0.39, 0.29) is 0 Å². The maximum absolute atomic E-state index is 3.67. The summed E-state index contributed by atoms with van der Waals surface area (Å²) in [6, 6.07) is 0. The molecule has 6 heavy (non-hydrogen) atoms. The molecule has 0 aromatic rings. The van der Waals surface area contributed by atoms with Crippen LogP contribution in [-0.2, 0) is 0 Å². The molecule has 36 valence electrons. The molecule has 0 aliphatic heterocycles. The highest BCUT2D eigenvalue weighted by molar-refractivity contribution is 6.12. The Kier molecular flexibility index (Phi) is 3.14. The number of rotatable bonds is 2. The second-order valence-corrected chi connectivity index (χ2v) is 3.10. The highest BCUT2D eigenvalue weighted by atomic mass is 28.1. The van der Waals surface area contributed by atoms with E-state index in [9.17, 15) is 0 Å². The Labute approximate surface area is 42.7 Å². The Morgan fingerprint density at radius 1 is 2.00 bits per heavy atom. The molecule has 0 fully saturated rings. The minimum absolute atomic E-state index is 0.838. The number of hydrogen-bond donors (Lipinski definition) is 0. The van der Waals surface area contributed by atoms with E-state index in [4.69, 9.17) is 0 Å². The second kappa shape index (κ2) is 3.16. The zero-order valence-electron chi connectivity index (χ0n) is 4.57. The molecule has 0 aromatic heterocycles. The van der Waals surface area contributed by atoms with Crippen molar-refractivity contribution in [2.45, 2.75) is 18.9 Å². The molecule has 0 saturated heterocycles. The quantitative estimate of drug-likeness (QED) is 0.354. The van der Waals surface area contributed by atoms with Gasteiger partial charge in [-0.05, 0) is 5.54 Å². The van der Waals surface area contributed by atoms with Gasteiger partial charge in [-0.25, -0.2) is 0 Å². The first kappa shape index (κ1) is 5.96. The van der Waals surface area contributed by atoms with Crippen molar-refractivity contribution in [2.24, 2.45) is 0 Å². The minimum atomic E-state index is 0.838. The lowest BCUT2D eigenvalue weighted by molar-refractivity contribution is 0.955. The standard InChI is InChI=1S/C5H12Si/c1-3-5(6)4-2/h3,5H,1,4H2,2,6H3. The molecule has 0 spiro atoms. The summed E-state index contributed by atoms with van der Waals surface area (Å²) in [5, 5.41) is 0. The maximum atomic E-state index is 3.67. The van der Waals surface area contributed by atoms with Crippen molar-refractivity contribution in [3.05, 3.63) is 12.7 Å². The van der Waals surface area contributed by atoms with Gasteiger partial charge in [0.25, 0.3) is 0 Å². The third-order valence-corrected chi connectivity index (χ3v) is 2.33. The Hall–Kier alpha value is -0.0431. The molecule has 1 heteroatoms. The molecular weight excluding hydrogens is 88.1 g/mol. The normalized spacial score (nSPS) is 14.2. The van der Waals surface area contributed by atoms with E-state index >= 15 is 0 Å². The Morgan fingerprint density at radius 3 is 2.50 bits per heavy atom. The first-order chi connectivity index (χ1) is 2.81. The van der Waals surface area contributed by atoms with Gasteiger partial charge in [-0.1, -0.05) is 19.4 Å². The van der Waals surface area contributed by atoms with Crippen LogP contribution in [0.1, 0.15) is 13.3 Å². The second-order valence-electron chi connectivity index (χ2n) is 1.62. The fourth-order valence-corrected chi connectivity index (χ4v) is 0.167. The van der Waals surface area contributed by atoms with Gasteiger partial charge in [-0.3, -0.25) is 0 Å². The van der Waals surface area contributed by atoms with Gasteiger partial charge >= 0.3 is 0 Å². The third kappa shape index (κ3) is 2.21. The highest BCUT2D eigenvalue weighted by Gasteiger charge is 1.84. The van der Waals surface area contributed by atoms with Crippen LogP contribution in [0.4, 0.5) is 0 Å². The molecule has 0 bridgehead atoms. The third-order valence-electron chi connectivity index (χ3n) is 1.05. The van der Waals surface area contributed by atoms with Crippen molar-refractivity contribution in [3.8, 4) is 0 Å². The van der Waals surface area contributed by atoms with Crippen LogP contribution in [0.15, 0.2) is 12.7 Å². The molecule has 0 nitrogen and oxygen atoms in total. The Morgan fingerprint density at radius 2 is 2.50 bits per heavy atom. The molecule has 0 aromatic carbocycles. The molecule has 0 N–H and O–H groups in total. The Balaban J connectivity index is 2.96. The van der Waals surface area contributed by atoms with Gasteiger partial charge in [-0.2, -0.15) is 0 Å². The maximum Gasteiger partial charge on any atom is 0.0115 e. The van der Waals surface area contributed by atoms with Crippen molar-refractivity contribution in [2.75, 3.05) is 0 Å². The van der Waals surface area contributed by atoms with Crippen molar-refractivity contribution < 1.29 is 0 Å². The summed E-state index contributed by atoms with van der Waals surface area (Å²) >= 11 is 0. The SMILES string of the molecule is C=CC([SiH3])CC. The van der Waals surface area contributed by atoms with Crippen LogP contribution in [0.2, 0.25) is 5.54 Å². The zero-order valence-corrected chi connectivity index (χ0v) is 6.57. The average molecular weight is 100 g/mol. The fourth-order valence-electron chi connectivity index (χ4n) is 0.167. The van der Waals surface area contributed by atoms with E-state index in [2.05, 4.69) is 13.5 Å². The number of hydrogen-bond acceptors (Lipinski definition) is 0. The summed E-state index contributed by atoms with van der Waals surface area (Å²) in [6.07, 6.45) is 3.31. The monoisotopic (exact) mass is 100 g/mol. The van der Waals surface area contributed by atoms with E-state index in [1.54, 1.807) is 0 Å². The molecule has 0 amide bonds. The van der Waals surface area contributed by atoms with Gasteiger partial charge in [0.15, 0.2) is 0 Å². The smallest absolute Gasteiger partial charge is 0.0115 e. The van der Waals surface area contributed by atoms with Gasteiger partial charge < -0.3 is 0 Å². The first-order valence-corrected chi connectivity index (χ1v) is 3.59. The highest BCUT2D eigenvalue weighted by Crippen LogP contribution is 2.01. The van der Waals surface area contributed by atoms with Crippen LogP contribution in [-0.4, -0.2) is 10.2 Å². The van der Waals surface area contributed by atoms with Crippen LogP contribution in [0.5, 0.6) is 0 Å². The average Bonchev–Trinajstić information content (AvgIpc) is 1.65. The van der Waals surface area contributed by atoms with Gasteiger partial charge in [0.2, 0.25) is 0 Å². The van der Waals surface area contributed by atoms with Crippen molar-refractivity contribution in [1.29, 1.82) is 0 Å². The van der Waals surface area contributed by atoms with Crippen molar-refractivity contribution in [1.82, 2.24) is 0 Å². The molecule has 1 atom stereocenters. The Bertz CT molecular complexity index is 41.2. The summed E-state index contributed by atoms with van der Waals surface area (Å²) in [6.45, 7) is 5.86. The molecular formula is C5H12Si. The number of allylic oxidation sites excluding steroid dienone is 1. The van der Waals surface area contributed by atoms with E-state index in [0.717, 1.165) is 5.54 Å². The molecule has 0 aliphatic rings. The topological polar surface area (TPSA) is 0 Å². The van der Waals surface area contributed by atoms with E-state index in [1.807, 2.05) is 6.08 Å². The first-order valence-electron chi connectivity index (χ1n) is 2.43. The molecule has 0 radical (unpaired) electrons. The van der Waals surface area contributed by atoms with E-state index in [0.29, 0.717) is 0 Å². The van der Waals surface area contributed by atoms with Crippen molar-refractivity contribution in [3.63, 3.8) is 0 Å². The largest absolute Gasteiger partial charge is 0.103 e. The zero-order chi connectivity index (χ0) is 4.99. The predicted molar refractivity (Wildman–Crippen MR) is 34.2 cm³/mol. The molecule has 0 saturated carbocycles. The molecule has 0 rings (SSSR count). The van der Waals surface area contributed by atoms with E-state index < -0.39 is 0 Å². The van der Waals surface area contributed by atoms with Crippen LogP contribution in [0.25, 0.3) is 0 Å². The predicted octanol–water partition coefficient (Wildman–Crippen LogP) is 0.736. The van der Waals surface area contributed by atoms with Crippen LogP contribution >= 0.6 is 0 Å². The fraction of sp³-hybridized carbons (Fsp3) is 0.600. The van der Waals surface area contributed by atoms with E-state index in [1.165, 1.54) is 16.7 Å². The lowest BCUT2D eigenvalue weighted by atomic mass is 10.3. The molecule has 1 unspecified atom stereocenters. The van der Waals surface area contributed by atoms with Gasteiger partial charge in [0.05, 0.1) is 0 Å². The van der Waals surface area contributed by atoms with Crippen molar-refractivity contribution >= 4 is 10.2 Å².